The summed E-state index contributed by atoms with van der Waals surface area (Å²) in [6.07, 6.45) is 3.58. The highest BCUT2D eigenvalue weighted by Crippen LogP contribution is 2.37. The number of hydrogen-bond donors (Lipinski definition) is 0. The number of alkyl halides is 1. The summed E-state index contributed by atoms with van der Waals surface area (Å²) < 4.78 is 18.9. The van der Waals surface area contributed by atoms with E-state index in [1.807, 2.05) is 19.9 Å². The van der Waals surface area contributed by atoms with Gasteiger partial charge in [-0.2, -0.15) is 0 Å². The quantitative estimate of drug-likeness (QED) is 0.557. The van der Waals surface area contributed by atoms with E-state index < -0.39 is 6.17 Å². The van der Waals surface area contributed by atoms with Crippen LogP contribution in [0.4, 0.5) is 4.39 Å². The van der Waals surface area contributed by atoms with Gasteiger partial charge in [0.1, 0.15) is 6.17 Å². The largest absolute Gasteiger partial charge is 0.384 e. The van der Waals surface area contributed by atoms with E-state index in [2.05, 4.69) is 13.5 Å². The Hall–Kier alpha value is -0.370. The molecule has 0 N–H and O–H groups in total. The van der Waals surface area contributed by atoms with Crippen LogP contribution in [0.5, 0.6) is 0 Å². The van der Waals surface area contributed by atoms with Gasteiger partial charge in [-0.1, -0.05) is 26.8 Å². The molecule has 90 valence electrons. The number of hydrogen-bond acceptors (Lipinski definition) is 1. The maximum atomic E-state index is 13.7. The lowest BCUT2D eigenvalue weighted by molar-refractivity contribution is 0.0102. The number of ether oxygens (including phenoxy) is 1. The van der Waals surface area contributed by atoms with Crippen molar-refractivity contribution in [1.82, 2.24) is 0 Å². The number of rotatable bonds is 8. The minimum Gasteiger partial charge on any atom is -0.384 e. The fraction of sp³-hybridized carbons (Fsp3) is 0.846. The van der Waals surface area contributed by atoms with Crippen molar-refractivity contribution in [3.05, 3.63) is 12.7 Å². The molecule has 0 saturated carbocycles. The molecule has 0 aromatic heterocycles. The van der Waals surface area contributed by atoms with Crippen LogP contribution >= 0.6 is 0 Å². The van der Waals surface area contributed by atoms with Gasteiger partial charge >= 0.3 is 0 Å². The van der Waals surface area contributed by atoms with E-state index in [0.717, 1.165) is 12.8 Å². The summed E-state index contributed by atoms with van der Waals surface area (Å²) in [7, 11) is 1.68. The van der Waals surface area contributed by atoms with Crippen molar-refractivity contribution in [3.63, 3.8) is 0 Å². The van der Waals surface area contributed by atoms with Crippen LogP contribution in [0.15, 0.2) is 12.7 Å². The zero-order valence-corrected chi connectivity index (χ0v) is 10.6. The predicted molar refractivity (Wildman–Crippen MR) is 63.8 cm³/mol. The Labute approximate surface area is 93.7 Å². The molecule has 1 nitrogen and oxygen atoms in total. The average Bonchev–Trinajstić information content (AvgIpc) is 2.24. The summed E-state index contributed by atoms with van der Waals surface area (Å²) in [6.45, 7) is 10.3. The monoisotopic (exact) mass is 216 g/mol. The highest BCUT2D eigenvalue weighted by molar-refractivity contribution is 4.86. The van der Waals surface area contributed by atoms with Crippen molar-refractivity contribution in [2.45, 2.75) is 46.2 Å². The lowest BCUT2D eigenvalue weighted by Crippen LogP contribution is -2.35. The Morgan fingerprint density at radius 1 is 1.53 bits per heavy atom. The van der Waals surface area contributed by atoms with Crippen LogP contribution in [-0.4, -0.2) is 19.9 Å². The first-order valence-corrected chi connectivity index (χ1v) is 5.75. The minimum atomic E-state index is -0.741. The lowest BCUT2D eigenvalue weighted by atomic mass is 9.72. The van der Waals surface area contributed by atoms with E-state index in [4.69, 9.17) is 4.74 Å². The third-order valence-electron chi connectivity index (χ3n) is 3.43. The maximum Gasteiger partial charge on any atom is 0.103 e. The molecule has 0 unspecified atom stereocenters. The Morgan fingerprint density at radius 2 is 2.13 bits per heavy atom. The minimum absolute atomic E-state index is 0.0300. The molecular weight excluding hydrogens is 191 g/mol. The van der Waals surface area contributed by atoms with Crippen molar-refractivity contribution in [3.8, 4) is 0 Å². The molecule has 0 aliphatic rings. The van der Waals surface area contributed by atoms with Crippen LogP contribution in [0.25, 0.3) is 0 Å². The molecule has 0 aromatic rings. The van der Waals surface area contributed by atoms with Gasteiger partial charge in [-0.15, -0.1) is 6.58 Å². The van der Waals surface area contributed by atoms with Gasteiger partial charge in [0.25, 0.3) is 0 Å². The van der Waals surface area contributed by atoms with Gasteiger partial charge in [0.2, 0.25) is 0 Å². The molecule has 15 heavy (non-hydrogen) atoms. The predicted octanol–water partition coefficient (Wildman–Crippen LogP) is 3.99. The molecule has 0 radical (unpaired) electrons. The molecule has 0 heterocycles. The Morgan fingerprint density at radius 3 is 2.53 bits per heavy atom. The summed E-state index contributed by atoms with van der Waals surface area (Å²) in [5, 5.41) is 0. The van der Waals surface area contributed by atoms with E-state index in [-0.39, 0.29) is 11.3 Å². The van der Waals surface area contributed by atoms with Gasteiger partial charge in [-0.3, -0.25) is 0 Å². The zero-order valence-electron chi connectivity index (χ0n) is 10.6. The molecule has 0 amide bonds. The SMILES string of the molecule is C=CCC[C@](C)(COC)[C@H](C)[C@H](F)CC. The van der Waals surface area contributed by atoms with E-state index in [9.17, 15) is 4.39 Å². The second-order valence-electron chi connectivity index (χ2n) is 4.63. The standard InChI is InChI=1S/C13H25FO/c1-6-8-9-13(4,10-15-5)11(3)12(14)7-2/h6,11-12H,1,7-10H2,2-5H3/t11-,12-,13-/m1/s1. The zero-order chi connectivity index (χ0) is 11.9. The van der Waals surface area contributed by atoms with Crippen molar-refractivity contribution >= 4 is 0 Å². The molecule has 2 heteroatoms. The summed E-state index contributed by atoms with van der Waals surface area (Å²) in [5.41, 5.74) is -0.0850. The van der Waals surface area contributed by atoms with Gasteiger partial charge < -0.3 is 4.74 Å². The first kappa shape index (κ1) is 14.6. The fourth-order valence-electron chi connectivity index (χ4n) is 1.98. The fourth-order valence-corrected chi connectivity index (χ4v) is 1.98. The number of halogens is 1. The van der Waals surface area contributed by atoms with Gasteiger partial charge in [0.05, 0.1) is 6.61 Å². The molecule has 0 saturated heterocycles. The highest BCUT2D eigenvalue weighted by Gasteiger charge is 2.35. The van der Waals surface area contributed by atoms with Gasteiger partial charge in [0.15, 0.2) is 0 Å². The number of methoxy groups -OCH3 is 1. The normalized spacial score (nSPS) is 19.3. The van der Waals surface area contributed by atoms with Crippen LogP contribution in [0.3, 0.4) is 0 Å². The van der Waals surface area contributed by atoms with E-state index in [1.54, 1.807) is 7.11 Å². The van der Waals surface area contributed by atoms with E-state index in [0.29, 0.717) is 13.0 Å². The molecule has 0 aliphatic carbocycles. The maximum absolute atomic E-state index is 13.7. The van der Waals surface area contributed by atoms with Crippen molar-refractivity contribution in [2.75, 3.05) is 13.7 Å². The molecule has 0 rings (SSSR count). The van der Waals surface area contributed by atoms with Crippen LogP contribution in [0.1, 0.15) is 40.0 Å². The van der Waals surface area contributed by atoms with Crippen LogP contribution in [0.2, 0.25) is 0 Å². The molecule has 3 atom stereocenters. The van der Waals surface area contributed by atoms with Crippen molar-refractivity contribution in [2.24, 2.45) is 11.3 Å². The molecule has 0 fully saturated rings. The molecule has 0 spiro atoms. The van der Waals surface area contributed by atoms with Crippen molar-refractivity contribution < 1.29 is 9.13 Å². The average molecular weight is 216 g/mol. The third kappa shape index (κ3) is 4.33. The molecular formula is C13H25FO. The van der Waals surface area contributed by atoms with Gasteiger partial charge in [-0.25, -0.2) is 4.39 Å². The second kappa shape index (κ2) is 7.00. The Balaban J connectivity index is 4.51. The van der Waals surface area contributed by atoms with E-state index in [1.165, 1.54) is 0 Å². The highest BCUT2D eigenvalue weighted by atomic mass is 19.1. The topological polar surface area (TPSA) is 9.23 Å². The van der Waals surface area contributed by atoms with Crippen LogP contribution in [0, 0.1) is 11.3 Å². The molecule has 0 aromatic carbocycles. The Kier molecular flexibility index (Phi) is 6.82. The first-order chi connectivity index (χ1) is 7.01. The summed E-state index contributed by atoms with van der Waals surface area (Å²) >= 11 is 0. The Bertz CT molecular complexity index is 181. The van der Waals surface area contributed by atoms with E-state index >= 15 is 0 Å². The lowest BCUT2D eigenvalue weighted by Gasteiger charge is -2.36. The molecule has 0 aliphatic heterocycles. The summed E-state index contributed by atoms with van der Waals surface area (Å²) in [4.78, 5) is 0. The summed E-state index contributed by atoms with van der Waals surface area (Å²) in [5.74, 6) is 0.0300. The first-order valence-electron chi connectivity index (χ1n) is 5.75. The second-order valence-corrected chi connectivity index (χ2v) is 4.63. The third-order valence-corrected chi connectivity index (χ3v) is 3.43. The van der Waals surface area contributed by atoms with Crippen LogP contribution in [-0.2, 0) is 4.74 Å². The number of allylic oxidation sites excluding steroid dienone is 1. The van der Waals surface area contributed by atoms with Gasteiger partial charge in [0, 0.05) is 7.11 Å². The summed E-state index contributed by atoms with van der Waals surface area (Å²) in [6, 6.07) is 0. The molecule has 0 bridgehead atoms. The van der Waals surface area contributed by atoms with Crippen LogP contribution < -0.4 is 0 Å². The smallest absolute Gasteiger partial charge is 0.103 e. The van der Waals surface area contributed by atoms with Crippen molar-refractivity contribution in [1.29, 1.82) is 0 Å². The van der Waals surface area contributed by atoms with Gasteiger partial charge in [-0.05, 0) is 30.6 Å².